The summed E-state index contributed by atoms with van der Waals surface area (Å²) in [4.78, 5) is 41.1. The molecule has 6 nitrogen and oxygen atoms in total. The van der Waals surface area contributed by atoms with Crippen LogP contribution in [0.25, 0.3) is 10.9 Å². The van der Waals surface area contributed by atoms with Gasteiger partial charge in [-0.3, -0.25) is 19.3 Å². The van der Waals surface area contributed by atoms with Crippen LogP contribution in [0.15, 0.2) is 53.1 Å². The van der Waals surface area contributed by atoms with E-state index in [1.165, 1.54) is 0 Å². The molecule has 0 atom stereocenters. The molecule has 0 fully saturated rings. The Morgan fingerprint density at radius 1 is 1.04 bits per heavy atom. The molecule has 2 N–H and O–H groups in total. The highest BCUT2D eigenvalue weighted by atomic mass is 79.9. The number of fused-ring (bicyclic) bond motifs is 2. The van der Waals surface area contributed by atoms with Gasteiger partial charge in [-0.1, -0.05) is 28.1 Å². The molecule has 136 valence electrons. The summed E-state index contributed by atoms with van der Waals surface area (Å²) in [6.45, 7) is 0.152. The van der Waals surface area contributed by atoms with E-state index in [0.29, 0.717) is 28.6 Å². The average Bonchev–Trinajstić information content (AvgIpc) is 3.20. The number of hydrogen-bond acceptors (Lipinski definition) is 3. The quantitative estimate of drug-likeness (QED) is 0.616. The van der Waals surface area contributed by atoms with Crippen LogP contribution in [0.4, 0.5) is 0 Å². The topological polar surface area (TPSA) is 82.3 Å². The molecule has 2 aromatic carbocycles. The molecular formula is C20H16BrN3O3. The predicted molar refractivity (Wildman–Crippen MR) is 105 cm³/mol. The Balaban J connectivity index is 1.34. The molecule has 1 aliphatic heterocycles. The summed E-state index contributed by atoms with van der Waals surface area (Å²) in [6.07, 6.45) is 2.55. The first-order valence-corrected chi connectivity index (χ1v) is 9.31. The molecule has 0 saturated heterocycles. The molecule has 0 bridgehead atoms. The van der Waals surface area contributed by atoms with E-state index in [0.717, 1.165) is 21.4 Å². The van der Waals surface area contributed by atoms with Gasteiger partial charge in [-0.05, 0) is 47.7 Å². The van der Waals surface area contributed by atoms with Crippen molar-refractivity contribution in [2.24, 2.45) is 0 Å². The summed E-state index contributed by atoms with van der Waals surface area (Å²) in [5, 5.41) is 3.91. The summed E-state index contributed by atoms with van der Waals surface area (Å²) >= 11 is 3.29. The van der Waals surface area contributed by atoms with Crippen LogP contribution >= 0.6 is 15.9 Å². The lowest BCUT2D eigenvalue weighted by molar-refractivity contribution is -0.121. The fourth-order valence-electron chi connectivity index (χ4n) is 3.20. The number of carbonyl (C=O) groups excluding carboxylic acids is 3. The Kier molecular flexibility index (Phi) is 4.53. The van der Waals surface area contributed by atoms with E-state index < -0.39 is 11.8 Å². The lowest BCUT2D eigenvalue weighted by atomic mass is 10.1. The number of H-pyrrole nitrogens is 1. The first-order valence-electron chi connectivity index (χ1n) is 8.51. The molecule has 3 aromatic rings. The molecule has 2 heterocycles. The van der Waals surface area contributed by atoms with Crippen LogP contribution in [0, 0.1) is 0 Å². The minimum Gasteiger partial charge on any atom is -0.361 e. The fourth-order valence-corrected chi connectivity index (χ4v) is 3.56. The summed E-state index contributed by atoms with van der Waals surface area (Å²) in [5.74, 6) is -1.23. The van der Waals surface area contributed by atoms with Crippen LogP contribution in [0.2, 0.25) is 0 Å². The van der Waals surface area contributed by atoms with Crippen molar-refractivity contribution in [3.63, 3.8) is 0 Å². The Bertz CT molecular complexity index is 1070. The Hall–Kier alpha value is -2.93. The molecule has 7 heteroatoms. The molecule has 4 rings (SSSR count). The maximum absolute atomic E-state index is 12.4. The number of rotatable bonds is 5. The van der Waals surface area contributed by atoms with Gasteiger partial charge in [0.15, 0.2) is 0 Å². The lowest BCUT2D eigenvalue weighted by Crippen LogP contribution is -2.40. The minimum atomic E-state index is -0.441. The van der Waals surface area contributed by atoms with Crippen molar-refractivity contribution in [3.8, 4) is 0 Å². The normalized spacial score (nSPS) is 13.3. The van der Waals surface area contributed by atoms with Gasteiger partial charge in [0.1, 0.15) is 6.54 Å². The number of aromatic amines is 1. The molecule has 1 aromatic heterocycles. The molecule has 0 saturated carbocycles. The summed E-state index contributed by atoms with van der Waals surface area (Å²) in [5.41, 5.74) is 2.79. The van der Waals surface area contributed by atoms with Crippen LogP contribution in [0.1, 0.15) is 26.3 Å². The largest absolute Gasteiger partial charge is 0.361 e. The van der Waals surface area contributed by atoms with Gasteiger partial charge in [0.05, 0.1) is 11.1 Å². The molecule has 0 aliphatic carbocycles. The third-order valence-electron chi connectivity index (χ3n) is 4.59. The van der Waals surface area contributed by atoms with E-state index in [2.05, 4.69) is 26.2 Å². The van der Waals surface area contributed by atoms with E-state index in [1.807, 2.05) is 30.5 Å². The summed E-state index contributed by atoms with van der Waals surface area (Å²) in [7, 11) is 0. The molecule has 0 radical (unpaired) electrons. The standard InChI is InChI=1S/C20H16BrN3O3/c21-14-3-4-15-16(10-14)20(27)24(19(15)26)11-18(25)23-7-5-12-1-2-13-6-8-22-17(13)9-12/h1-4,6,8-10,22H,5,7,11H2,(H,23,25). The van der Waals surface area contributed by atoms with Crippen molar-refractivity contribution in [3.05, 3.63) is 69.8 Å². The van der Waals surface area contributed by atoms with Gasteiger partial charge in [0, 0.05) is 22.7 Å². The Morgan fingerprint density at radius 2 is 1.85 bits per heavy atom. The number of nitrogens with zero attached hydrogens (tertiary/aromatic N) is 1. The second-order valence-corrected chi connectivity index (χ2v) is 7.30. The summed E-state index contributed by atoms with van der Waals surface area (Å²) < 4.78 is 0.715. The van der Waals surface area contributed by atoms with E-state index in [9.17, 15) is 14.4 Å². The monoisotopic (exact) mass is 425 g/mol. The van der Waals surface area contributed by atoms with Gasteiger partial charge in [0.2, 0.25) is 5.91 Å². The highest BCUT2D eigenvalue weighted by molar-refractivity contribution is 9.10. The first kappa shape index (κ1) is 17.5. The minimum absolute atomic E-state index is 0.278. The van der Waals surface area contributed by atoms with Gasteiger partial charge < -0.3 is 10.3 Å². The molecule has 0 unspecified atom stereocenters. The molecule has 3 amide bonds. The van der Waals surface area contributed by atoms with Crippen molar-refractivity contribution >= 4 is 44.6 Å². The van der Waals surface area contributed by atoms with Crippen LogP contribution in [-0.4, -0.2) is 40.7 Å². The number of nitrogens with one attached hydrogen (secondary N) is 2. The van der Waals surface area contributed by atoms with Gasteiger partial charge in [-0.2, -0.15) is 0 Å². The zero-order valence-corrected chi connectivity index (χ0v) is 15.9. The number of aromatic nitrogens is 1. The van der Waals surface area contributed by atoms with Gasteiger partial charge in [0.25, 0.3) is 11.8 Å². The third kappa shape index (κ3) is 3.38. The molecule has 0 spiro atoms. The van der Waals surface area contributed by atoms with Crippen LogP contribution in [0.3, 0.4) is 0 Å². The third-order valence-corrected chi connectivity index (χ3v) is 5.08. The van der Waals surface area contributed by atoms with Crippen LogP contribution < -0.4 is 5.32 Å². The lowest BCUT2D eigenvalue weighted by Gasteiger charge is -2.13. The number of hydrogen-bond donors (Lipinski definition) is 2. The maximum Gasteiger partial charge on any atom is 0.262 e. The number of carbonyl (C=O) groups is 3. The second-order valence-electron chi connectivity index (χ2n) is 6.39. The van der Waals surface area contributed by atoms with Crippen molar-refractivity contribution in [2.75, 3.05) is 13.1 Å². The SMILES string of the molecule is O=C(CN1C(=O)c2ccc(Br)cc2C1=O)NCCc1ccc2cc[nH]c2c1. The Labute approximate surface area is 163 Å². The molecule has 27 heavy (non-hydrogen) atoms. The van der Waals surface area contributed by atoms with E-state index in [-0.39, 0.29) is 12.5 Å². The molecule has 1 aliphatic rings. The number of benzene rings is 2. The average molecular weight is 426 g/mol. The number of amides is 3. The zero-order chi connectivity index (χ0) is 19.0. The zero-order valence-electron chi connectivity index (χ0n) is 14.3. The van der Waals surface area contributed by atoms with E-state index in [1.54, 1.807) is 18.2 Å². The number of halogens is 1. The maximum atomic E-state index is 12.4. The van der Waals surface area contributed by atoms with E-state index in [4.69, 9.17) is 0 Å². The highest BCUT2D eigenvalue weighted by Gasteiger charge is 2.36. The van der Waals surface area contributed by atoms with Gasteiger partial charge >= 0.3 is 0 Å². The smallest absolute Gasteiger partial charge is 0.262 e. The predicted octanol–water partition coefficient (Wildman–Crippen LogP) is 2.89. The van der Waals surface area contributed by atoms with Crippen LogP contribution in [-0.2, 0) is 11.2 Å². The van der Waals surface area contributed by atoms with Crippen LogP contribution in [0.5, 0.6) is 0 Å². The number of imide groups is 1. The first-order chi connectivity index (χ1) is 13.0. The Morgan fingerprint density at radius 3 is 2.70 bits per heavy atom. The summed E-state index contributed by atoms with van der Waals surface area (Å²) in [6, 6.07) is 13.0. The van der Waals surface area contributed by atoms with Crippen molar-refractivity contribution < 1.29 is 14.4 Å². The second kappa shape index (κ2) is 7.00. The van der Waals surface area contributed by atoms with E-state index >= 15 is 0 Å². The highest BCUT2D eigenvalue weighted by Crippen LogP contribution is 2.25. The van der Waals surface area contributed by atoms with Crippen molar-refractivity contribution in [1.29, 1.82) is 0 Å². The fraction of sp³-hybridized carbons (Fsp3) is 0.150. The molecular weight excluding hydrogens is 410 g/mol. The van der Waals surface area contributed by atoms with Gasteiger partial charge in [-0.25, -0.2) is 0 Å². The van der Waals surface area contributed by atoms with Crippen molar-refractivity contribution in [1.82, 2.24) is 15.2 Å². The van der Waals surface area contributed by atoms with Crippen molar-refractivity contribution in [2.45, 2.75) is 6.42 Å². The van der Waals surface area contributed by atoms with Gasteiger partial charge in [-0.15, -0.1) is 0 Å².